The molecule has 0 aliphatic carbocycles. The highest BCUT2D eigenvalue weighted by Gasteiger charge is 2.15. The second-order valence-corrected chi connectivity index (χ2v) is 5.71. The average molecular weight is 238 g/mol. The van der Waals surface area contributed by atoms with Crippen molar-refractivity contribution in [3.05, 3.63) is 23.7 Å². The molecule has 1 aromatic heterocycles. The Labute approximate surface area is 105 Å². The predicted molar refractivity (Wildman–Crippen MR) is 71.8 cm³/mol. The van der Waals surface area contributed by atoms with Crippen molar-refractivity contribution < 1.29 is 4.42 Å². The number of furan rings is 1. The second-order valence-electron chi connectivity index (χ2n) is 5.71. The Morgan fingerprint density at radius 3 is 2.65 bits per heavy atom. The van der Waals surface area contributed by atoms with Gasteiger partial charge in [0.2, 0.25) is 0 Å². The smallest absolute Gasteiger partial charge is 0.105 e. The van der Waals surface area contributed by atoms with Crippen molar-refractivity contribution in [1.29, 1.82) is 0 Å². The molecule has 0 saturated heterocycles. The molecule has 0 radical (unpaired) electrons. The van der Waals surface area contributed by atoms with Gasteiger partial charge in [0, 0.05) is 12.1 Å². The van der Waals surface area contributed by atoms with Crippen LogP contribution in [0.2, 0.25) is 0 Å². The summed E-state index contributed by atoms with van der Waals surface area (Å²) in [6.07, 6.45) is 4.13. The standard InChI is InChI=1S/C14H26N2O/c1-12-13(6-9-17-12)10-16(4)8-5-7-14(2,3)11-15/h6,9H,5,7-8,10-11,15H2,1-4H3. The first-order valence-electron chi connectivity index (χ1n) is 6.36. The lowest BCUT2D eigenvalue weighted by Gasteiger charge is -2.24. The van der Waals surface area contributed by atoms with Crippen LogP contribution < -0.4 is 5.73 Å². The number of hydrogen-bond acceptors (Lipinski definition) is 3. The highest BCUT2D eigenvalue weighted by molar-refractivity contribution is 5.14. The van der Waals surface area contributed by atoms with E-state index in [1.54, 1.807) is 6.26 Å². The molecule has 0 aliphatic rings. The van der Waals surface area contributed by atoms with Gasteiger partial charge < -0.3 is 15.1 Å². The first-order valence-corrected chi connectivity index (χ1v) is 6.36. The number of hydrogen-bond donors (Lipinski definition) is 1. The third-order valence-electron chi connectivity index (χ3n) is 3.35. The van der Waals surface area contributed by atoms with Gasteiger partial charge in [-0.05, 0) is 51.4 Å². The van der Waals surface area contributed by atoms with Gasteiger partial charge >= 0.3 is 0 Å². The zero-order chi connectivity index (χ0) is 12.9. The number of rotatable bonds is 7. The predicted octanol–water partition coefficient (Wildman–Crippen LogP) is 2.78. The second kappa shape index (κ2) is 6.22. The average Bonchev–Trinajstić information content (AvgIpc) is 2.64. The molecular formula is C14H26N2O. The molecule has 3 nitrogen and oxygen atoms in total. The maximum absolute atomic E-state index is 5.73. The van der Waals surface area contributed by atoms with Crippen LogP contribution in [-0.4, -0.2) is 25.0 Å². The van der Waals surface area contributed by atoms with E-state index in [0.29, 0.717) is 0 Å². The lowest BCUT2D eigenvalue weighted by Crippen LogP contribution is -2.26. The van der Waals surface area contributed by atoms with Crippen molar-refractivity contribution in [2.45, 2.75) is 40.2 Å². The highest BCUT2D eigenvalue weighted by Crippen LogP contribution is 2.20. The van der Waals surface area contributed by atoms with Crippen LogP contribution in [0.25, 0.3) is 0 Å². The Morgan fingerprint density at radius 1 is 1.41 bits per heavy atom. The molecule has 0 amide bonds. The van der Waals surface area contributed by atoms with Crippen LogP contribution in [0.1, 0.15) is 38.0 Å². The monoisotopic (exact) mass is 238 g/mol. The lowest BCUT2D eigenvalue weighted by atomic mass is 9.88. The third kappa shape index (κ3) is 4.92. The summed E-state index contributed by atoms with van der Waals surface area (Å²) in [5, 5.41) is 0. The van der Waals surface area contributed by atoms with Gasteiger partial charge in [0.15, 0.2) is 0 Å². The summed E-state index contributed by atoms with van der Waals surface area (Å²) in [6, 6.07) is 2.05. The molecule has 1 rings (SSSR count). The molecule has 0 aromatic carbocycles. The van der Waals surface area contributed by atoms with Crippen molar-refractivity contribution in [1.82, 2.24) is 4.90 Å². The van der Waals surface area contributed by atoms with Crippen molar-refractivity contribution >= 4 is 0 Å². The number of nitrogens with zero attached hydrogens (tertiary/aromatic N) is 1. The minimum atomic E-state index is 0.270. The van der Waals surface area contributed by atoms with Crippen LogP contribution in [0.5, 0.6) is 0 Å². The van der Waals surface area contributed by atoms with Gasteiger partial charge in [0.25, 0.3) is 0 Å². The molecule has 17 heavy (non-hydrogen) atoms. The Morgan fingerprint density at radius 2 is 2.12 bits per heavy atom. The van der Waals surface area contributed by atoms with Gasteiger partial charge in [0.1, 0.15) is 5.76 Å². The fraction of sp³-hybridized carbons (Fsp3) is 0.714. The van der Waals surface area contributed by atoms with Gasteiger partial charge in [-0.25, -0.2) is 0 Å². The number of aryl methyl sites for hydroxylation is 1. The molecule has 2 N–H and O–H groups in total. The van der Waals surface area contributed by atoms with Crippen LogP contribution in [0.4, 0.5) is 0 Å². The lowest BCUT2D eigenvalue weighted by molar-refractivity contribution is 0.272. The maximum atomic E-state index is 5.73. The fourth-order valence-corrected chi connectivity index (χ4v) is 1.87. The largest absolute Gasteiger partial charge is 0.469 e. The van der Waals surface area contributed by atoms with E-state index in [9.17, 15) is 0 Å². The Balaban J connectivity index is 2.27. The van der Waals surface area contributed by atoms with Gasteiger partial charge in [-0.1, -0.05) is 13.8 Å². The van der Waals surface area contributed by atoms with Crippen LogP contribution in [-0.2, 0) is 6.54 Å². The van der Waals surface area contributed by atoms with E-state index in [2.05, 4.69) is 31.9 Å². The summed E-state index contributed by atoms with van der Waals surface area (Å²) in [4.78, 5) is 2.34. The Kier molecular flexibility index (Phi) is 5.22. The van der Waals surface area contributed by atoms with Crippen LogP contribution in [0, 0.1) is 12.3 Å². The van der Waals surface area contributed by atoms with E-state index in [4.69, 9.17) is 10.2 Å². The first kappa shape index (κ1) is 14.3. The van der Waals surface area contributed by atoms with Gasteiger partial charge in [-0.3, -0.25) is 0 Å². The van der Waals surface area contributed by atoms with Crippen LogP contribution in [0.15, 0.2) is 16.7 Å². The molecule has 0 unspecified atom stereocenters. The molecule has 0 fully saturated rings. The van der Waals surface area contributed by atoms with Crippen LogP contribution in [0.3, 0.4) is 0 Å². The summed E-state index contributed by atoms with van der Waals surface area (Å²) in [6.45, 7) is 9.30. The van der Waals surface area contributed by atoms with E-state index in [-0.39, 0.29) is 5.41 Å². The topological polar surface area (TPSA) is 42.4 Å². The van der Waals surface area contributed by atoms with Crippen molar-refractivity contribution in [3.63, 3.8) is 0 Å². The molecule has 0 aliphatic heterocycles. The fourth-order valence-electron chi connectivity index (χ4n) is 1.87. The summed E-state index contributed by atoms with van der Waals surface area (Å²) >= 11 is 0. The summed E-state index contributed by atoms with van der Waals surface area (Å²) < 4.78 is 5.30. The zero-order valence-electron chi connectivity index (χ0n) is 11.6. The molecule has 1 aromatic rings. The maximum Gasteiger partial charge on any atom is 0.105 e. The Bertz CT molecular complexity index is 331. The molecule has 0 saturated carbocycles. The van der Waals surface area contributed by atoms with E-state index in [1.165, 1.54) is 18.4 Å². The minimum Gasteiger partial charge on any atom is -0.469 e. The third-order valence-corrected chi connectivity index (χ3v) is 3.35. The molecule has 3 heteroatoms. The first-order chi connectivity index (χ1) is 7.94. The van der Waals surface area contributed by atoms with E-state index in [1.807, 2.05) is 6.92 Å². The summed E-state index contributed by atoms with van der Waals surface area (Å²) in [5.41, 5.74) is 7.28. The van der Waals surface area contributed by atoms with Crippen molar-refractivity contribution in [2.24, 2.45) is 11.1 Å². The quantitative estimate of drug-likeness (QED) is 0.794. The Hall–Kier alpha value is -0.800. The van der Waals surface area contributed by atoms with Gasteiger partial charge in [-0.15, -0.1) is 0 Å². The van der Waals surface area contributed by atoms with E-state index >= 15 is 0 Å². The van der Waals surface area contributed by atoms with Crippen molar-refractivity contribution in [3.8, 4) is 0 Å². The molecule has 98 valence electrons. The zero-order valence-corrected chi connectivity index (χ0v) is 11.6. The summed E-state index contributed by atoms with van der Waals surface area (Å²) in [5.74, 6) is 1.03. The normalized spacial score (nSPS) is 12.4. The highest BCUT2D eigenvalue weighted by atomic mass is 16.3. The SMILES string of the molecule is Cc1occc1CN(C)CCCC(C)(C)CN. The molecule has 0 atom stereocenters. The summed E-state index contributed by atoms with van der Waals surface area (Å²) in [7, 11) is 2.15. The molecule has 1 heterocycles. The van der Waals surface area contributed by atoms with Gasteiger partial charge in [-0.2, -0.15) is 0 Å². The van der Waals surface area contributed by atoms with Crippen LogP contribution >= 0.6 is 0 Å². The molecule has 0 bridgehead atoms. The minimum absolute atomic E-state index is 0.270. The van der Waals surface area contributed by atoms with E-state index in [0.717, 1.165) is 25.4 Å². The number of nitrogens with two attached hydrogens (primary N) is 1. The van der Waals surface area contributed by atoms with Crippen molar-refractivity contribution in [2.75, 3.05) is 20.1 Å². The van der Waals surface area contributed by atoms with Gasteiger partial charge in [0.05, 0.1) is 6.26 Å². The molecular weight excluding hydrogens is 212 g/mol. The van der Waals surface area contributed by atoms with E-state index < -0.39 is 0 Å². The molecule has 0 spiro atoms.